The molecule has 0 saturated heterocycles. The summed E-state index contributed by atoms with van der Waals surface area (Å²) in [6.07, 6.45) is 1.83. The van der Waals surface area contributed by atoms with E-state index in [1.165, 1.54) is 37.4 Å². The van der Waals surface area contributed by atoms with E-state index < -0.39 is 17.5 Å². The zero-order valence-corrected chi connectivity index (χ0v) is 12.5. The Hall–Kier alpha value is -2.17. The quantitative estimate of drug-likeness (QED) is 0.702. The van der Waals surface area contributed by atoms with E-state index in [0.717, 1.165) is 12.8 Å². The van der Waals surface area contributed by atoms with E-state index in [0.29, 0.717) is 12.4 Å². The molecule has 0 aliphatic carbocycles. The van der Waals surface area contributed by atoms with Gasteiger partial charge in [0.2, 0.25) is 5.82 Å². The Bertz CT molecular complexity index is 657. The van der Waals surface area contributed by atoms with Gasteiger partial charge in [0.05, 0.1) is 13.7 Å². The maximum Gasteiger partial charge on any atom is 0.201 e. The molecule has 5 heteroatoms. The summed E-state index contributed by atoms with van der Waals surface area (Å²) >= 11 is 0. The summed E-state index contributed by atoms with van der Waals surface area (Å²) in [5, 5.41) is 0. The van der Waals surface area contributed by atoms with Gasteiger partial charge in [-0.3, -0.25) is 0 Å². The fraction of sp³-hybridized carbons (Fsp3) is 0.294. The lowest BCUT2D eigenvalue weighted by molar-refractivity contribution is 0.308. The molecule has 0 radical (unpaired) electrons. The monoisotopic (exact) mass is 310 g/mol. The number of halogens is 3. The Morgan fingerprint density at radius 1 is 0.955 bits per heavy atom. The summed E-state index contributed by atoms with van der Waals surface area (Å²) < 4.78 is 51.9. The van der Waals surface area contributed by atoms with Crippen molar-refractivity contribution in [2.24, 2.45) is 0 Å². The van der Waals surface area contributed by atoms with Crippen molar-refractivity contribution in [1.29, 1.82) is 0 Å². The third-order valence-electron chi connectivity index (χ3n) is 3.26. The molecule has 0 spiro atoms. The summed E-state index contributed by atoms with van der Waals surface area (Å²) in [5.41, 5.74) is -0.183. The summed E-state index contributed by atoms with van der Waals surface area (Å²) in [7, 11) is 1.24. The molecule has 0 amide bonds. The lowest BCUT2D eigenvalue weighted by atomic mass is 10.0. The van der Waals surface area contributed by atoms with E-state index in [4.69, 9.17) is 9.47 Å². The van der Waals surface area contributed by atoms with Crippen molar-refractivity contribution in [1.82, 2.24) is 0 Å². The molecule has 0 aliphatic rings. The minimum absolute atomic E-state index is 0.0260. The van der Waals surface area contributed by atoms with Gasteiger partial charge in [-0.15, -0.1) is 0 Å². The Kier molecular flexibility index (Phi) is 5.31. The van der Waals surface area contributed by atoms with Crippen molar-refractivity contribution in [2.45, 2.75) is 19.8 Å². The molecule has 2 nitrogen and oxygen atoms in total. The molecule has 0 unspecified atom stereocenters. The van der Waals surface area contributed by atoms with Crippen molar-refractivity contribution >= 4 is 0 Å². The van der Waals surface area contributed by atoms with Crippen LogP contribution in [0.2, 0.25) is 0 Å². The molecule has 2 rings (SSSR count). The zero-order valence-electron chi connectivity index (χ0n) is 12.5. The van der Waals surface area contributed by atoms with Crippen LogP contribution in [0.25, 0.3) is 11.1 Å². The molecule has 0 bridgehead atoms. The summed E-state index contributed by atoms with van der Waals surface area (Å²) in [6.45, 7) is 2.51. The highest BCUT2D eigenvalue weighted by Crippen LogP contribution is 2.32. The lowest BCUT2D eigenvalue weighted by Crippen LogP contribution is -1.99. The Labute approximate surface area is 127 Å². The Balaban J connectivity index is 2.32. The molecular formula is C17H17F3O2. The van der Waals surface area contributed by atoms with Crippen molar-refractivity contribution in [2.75, 3.05) is 13.7 Å². The van der Waals surface area contributed by atoms with Gasteiger partial charge >= 0.3 is 0 Å². The zero-order chi connectivity index (χ0) is 16.1. The van der Waals surface area contributed by atoms with Crippen LogP contribution in [0.15, 0.2) is 30.3 Å². The number of rotatable bonds is 6. The number of unbranched alkanes of at least 4 members (excludes halogenated alkanes) is 1. The van der Waals surface area contributed by atoms with E-state index in [-0.39, 0.29) is 16.9 Å². The predicted octanol–water partition coefficient (Wildman–Crippen LogP) is 4.96. The van der Waals surface area contributed by atoms with Crippen LogP contribution >= 0.6 is 0 Å². The molecule has 0 fully saturated rings. The topological polar surface area (TPSA) is 18.5 Å². The van der Waals surface area contributed by atoms with Gasteiger partial charge < -0.3 is 9.47 Å². The van der Waals surface area contributed by atoms with Crippen LogP contribution in [0.4, 0.5) is 13.2 Å². The maximum atomic E-state index is 14.1. The van der Waals surface area contributed by atoms with Crippen LogP contribution in [0.1, 0.15) is 19.8 Å². The molecule has 22 heavy (non-hydrogen) atoms. The average Bonchev–Trinajstić information content (AvgIpc) is 2.51. The number of hydrogen-bond acceptors (Lipinski definition) is 2. The normalized spacial score (nSPS) is 10.6. The largest absolute Gasteiger partial charge is 0.494 e. The smallest absolute Gasteiger partial charge is 0.201 e. The van der Waals surface area contributed by atoms with Crippen molar-refractivity contribution in [3.63, 3.8) is 0 Å². The van der Waals surface area contributed by atoms with E-state index in [9.17, 15) is 13.2 Å². The number of hydrogen-bond donors (Lipinski definition) is 0. The Morgan fingerprint density at radius 3 is 2.32 bits per heavy atom. The number of ether oxygens (including phenoxy) is 2. The van der Waals surface area contributed by atoms with Crippen LogP contribution in [-0.4, -0.2) is 13.7 Å². The molecule has 0 atom stereocenters. The van der Waals surface area contributed by atoms with Gasteiger partial charge in [-0.25, -0.2) is 8.78 Å². The minimum Gasteiger partial charge on any atom is -0.494 e. The first-order valence-corrected chi connectivity index (χ1v) is 7.03. The fourth-order valence-corrected chi connectivity index (χ4v) is 2.04. The molecule has 118 valence electrons. The second-order valence-corrected chi connectivity index (χ2v) is 4.79. The highest BCUT2D eigenvalue weighted by Gasteiger charge is 2.18. The van der Waals surface area contributed by atoms with Crippen LogP contribution in [-0.2, 0) is 0 Å². The van der Waals surface area contributed by atoms with Crippen LogP contribution < -0.4 is 9.47 Å². The first-order valence-electron chi connectivity index (χ1n) is 7.03. The maximum absolute atomic E-state index is 14.1. The van der Waals surface area contributed by atoms with Crippen molar-refractivity contribution in [3.05, 3.63) is 47.8 Å². The molecule has 2 aromatic rings. The van der Waals surface area contributed by atoms with Crippen LogP contribution in [0.3, 0.4) is 0 Å². The van der Waals surface area contributed by atoms with Gasteiger partial charge in [0.15, 0.2) is 11.6 Å². The van der Waals surface area contributed by atoms with Gasteiger partial charge in [-0.1, -0.05) is 13.3 Å². The molecular weight excluding hydrogens is 293 g/mol. The Morgan fingerprint density at radius 2 is 1.68 bits per heavy atom. The molecule has 0 aliphatic heterocycles. The summed E-state index contributed by atoms with van der Waals surface area (Å²) in [6, 6.07) is 6.63. The first kappa shape index (κ1) is 16.2. The summed E-state index contributed by atoms with van der Waals surface area (Å²) in [4.78, 5) is 0. The molecule has 0 heterocycles. The van der Waals surface area contributed by atoms with Crippen molar-refractivity contribution < 1.29 is 22.6 Å². The number of benzene rings is 2. The lowest BCUT2D eigenvalue weighted by Gasteiger charge is -2.10. The SMILES string of the molecule is CCCCOc1ccc(-c2ccc(OC)c(F)c2F)c(F)c1. The fourth-order valence-electron chi connectivity index (χ4n) is 2.04. The number of methoxy groups -OCH3 is 1. The predicted molar refractivity (Wildman–Crippen MR) is 78.7 cm³/mol. The van der Waals surface area contributed by atoms with Crippen LogP contribution in [0, 0.1) is 17.5 Å². The first-order chi connectivity index (χ1) is 10.6. The van der Waals surface area contributed by atoms with E-state index >= 15 is 0 Å². The second-order valence-electron chi connectivity index (χ2n) is 4.79. The van der Waals surface area contributed by atoms with Gasteiger partial charge in [-0.2, -0.15) is 4.39 Å². The molecule has 0 saturated carbocycles. The van der Waals surface area contributed by atoms with E-state index in [2.05, 4.69) is 0 Å². The van der Waals surface area contributed by atoms with Gasteiger partial charge in [0.25, 0.3) is 0 Å². The van der Waals surface area contributed by atoms with Crippen LogP contribution in [0.5, 0.6) is 11.5 Å². The highest BCUT2D eigenvalue weighted by molar-refractivity contribution is 5.66. The standard InChI is InChI=1S/C17H17F3O2/c1-3-4-9-22-11-5-6-12(14(18)10-11)13-7-8-15(21-2)17(20)16(13)19/h5-8,10H,3-4,9H2,1-2H3. The minimum atomic E-state index is -1.14. The average molecular weight is 310 g/mol. The van der Waals surface area contributed by atoms with Gasteiger partial charge in [0, 0.05) is 17.2 Å². The van der Waals surface area contributed by atoms with Gasteiger partial charge in [-0.05, 0) is 30.7 Å². The highest BCUT2D eigenvalue weighted by atomic mass is 19.2. The molecule has 2 aromatic carbocycles. The van der Waals surface area contributed by atoms with E-state index in [1.807, 2.05) is 6.92 Å². The summed E-state index contributed by atoms with van der Waals surface area (Å²) in [5.74, 6) is -2.80. The van der Waals surface area contributed by atoms with E-state index in [1.54, 1.807) is 0 Å². The van der Waals surface area contributed by atoms with Gasteiger partial charge in [0.1, 0.15) is 11.6 Å². The van der Waals surface area contributed by atoms with Crippen molar-refractivity contribution in [3.8, 4) is 22.6 Å². The third kappa shape index (κ3) is 3.35. The molecule has 0 aromatic heterocycles. The molecule has 0 N–H and O–H groups in total. The second kappa shape index (κ2) is 7.20. The third-order valence-corrected chi connectivity index (χ3v) is 3.26.